The molecule has 3 fully saturated rings. The highest BCUT2D eigenvalue weighted by atomic mass is 16.6. The molecular formula is C31H49N3O3. The number of unbranched alkanes of at least 4 members (excludes halogenated alkanes) is 1. The van der Waals surface area contributed by atoms with E-state index in [1.54, 1.807) is 0 Å². The van der Waals surface area contributed by atoms with E-state index in [0.29, 0.717) is 17.9 Å². The first-order chi connectivity index (χ1) is 17.7. The van der Waals surface area contributed by atoms with Gasteiger partial charge in [-0.25, -0.2) is 4.79 Å². The van der Waals surface area contributed by atoms with Gasteiger partial charge in [-0.1, -0.05) is 51.8 Å². The van der Waals surface area contributed by atoms with Gasteiger partial charge in [0.05, 0.1) is 0 Å². The van der Waals surface area contributed by atoms with Gasteiger partial charge in [0.25, 0.3) is 5.91 Å². The fraction of sp³-hybridized carbons (Fsp3) is 0.742. The van der Waals surface area contributed by atoms with Crippen LogP contribution in [0.3, 0.4) is 0 Å². The summed E-state index contributed by atoms with van der Waals surface area (Å²) in [5.74, 6) is 1.20. The number of amides is 2. The van der Waals surface area contributed by atoms with E-state index in [4.69, 9.17) is 4.74 Å². The van der Waals surface area contributed by atoms with Crippen molar-refractivity contribution in [2.75, 3.05) is 39.3 Å². The van der Waals surface area contributed by atoms with Crippen molar-refractivity contribution in [1.82, 2.24) is 14.7 Å². The average molecular weight is 512 g/mol. The van der Waals surface area contributed by atoms with Crippen LogP contribution in [0.5, 0.6) is 0 Å². The summed E-state index contributed by atoms with van der Waals surface area (Å²) in [4.78, 5) is 32.9. The number of hydrogen-bond donors (Lipinski definition) is 0. The molecule has 3 aliphatic rings. The highest BCUT2D eigenvalue weighted by Crippen LogP contribution is 2.41. The molecule has 1 aromatic carbocycles. The smallest absolute Gasteiger partial charge is 0.410 e. The number of carbonyl (C=O) groups excluding carboxylic acids is 2. The minimum absolute atomic E-state index is 0.0971. The van der Waals surface area contributed by atoms with Crippen LogP contribution in [0.2, 0.25) is 0 Å². The lowest BCUT2D eigenvalue weighted by atomic mass is 9.75. The van der Waals surface area contributed by atoms with Gasteiger partial charge in [-0.15, -0.1) is 0 Å². The number of rotatable bonds is 8. The Morgan fingerprint density at radius 1 is 1.08 bits per heavy atom. The molecule has 4 rings (SSSR count). The Balaban J connectivity index is 1.33. The van der Waals surface area contributed by atoms with Gasteiger partial charge in [0, 0.05) is 69.6 Å². The molecule has 2 amide bonds. The van der Waals surface area contributed by atoms with Crippen LogP contribution in [0.4, 0.5) is 4.79 Å². The van der Waals surface area contributed by atoms with Crippen molar-refractivity contribution in [3.05, 3.63) is 34.9 Å². The summed E-state index contributed by atoms with van der Waals surface area (Å²) in [5.41, 5.74) is 2.71. The summed E-state index contributed by atoms with van der Waals surface area (Å²) < 4.78 is 6.33. The quantitative estimate of drug-likeness (QED) is 0.427. The van der Waals surface area contributed by atoms with Crippen LogP contribution < -0.4 is 0 Å². The molecule has 0 aromatic heterocycles. The lowest BCUT2D eigenvalue weighted by molar-refractivity contribution is -0.126. The predicted octanol–water partition coefficient (Wildman–Crippen LogP) is 6.05. The molecule has 0 saturated carbocycles. The first-order valence-electron chi connectivity index (χ1n) is 14.8. The van der Waals surface area contributed by atoms with Gasteiger partial charge in [0.2, 0.25) is 0 Å². The van der Waals surface area contributed by atoms with Crippen LogP contribution in [0.25, 0.3) is 0 Å². The normalized spacial score (nSPS) is 23.1. The van der Waals surface area contributed by atoms with Crippen molar-refractivity contribution in [2.45, 2.75) is 97.6 Å². The molecule has 37 heavy (non-hydrogen) atoms. The first-order valence-corrected chi connectivity index (χ1v) is 14.8. The van der Waals surface area contributed by atoms with E-state index in [9.17, 15) is 9.59 Å². The van der Waals surface area contributed by atoms with Gasteiger partial charge >= 0.3 is 6.09 Å². The second-order valence-electron chi connectivity index (χ2n) is 12.2. The van der Waals surface area contributed by atoms with Crippen LogP contribution in [-0.4, -0.2) is 77.6 Å². The van der Waals surface area contributed by atoms with E-state index in [0.717, 1.165) is 94.5 Å². The molecule has 1 unspecified atom stereocenters. The molecule has 3 aliphatic heterocycles. The Morgan fingerprint density at radius 3 is 2.32 bits per heavy atom. The fourth-order valence-corrected chi connectivity index (χ4v) is 6.75. The Labute approximate surface area is 224 Å². The highest BCUT2D eigenvalue weighted by molar-refractivity contribution is 5.97. The Kier molecular flexibility index (Phi) is 9.20. The van der Waals surface area contributed by atoms with Crippen LogP contribution in [0.1, 0.15) is 93.6 Å². The summed E-state index contributed by atoms with van der Waals surface area (Å²) >= 11 is 0. The second-order valence-corrected chi connectivity index (χ2v) is 12.2. The largest absolute Gasteiger partial charge is 0.442 e. The third-order valence-electron chi connectivity index (χ3n) is 9.22. The van der Waals surface area contributed by atoms with Crippen LogP contribution in [0.15, 0.2) is 18.2 Å². The van der Waals surface area contributed by atoms with Crippen LogP contribution in [-0.2, 0) is 4.74 Å². The molecule has 0 bridgehead atoms. The van der Waals surface area contributed by atoms with E-state index in [2.05, 4.69) is 25.7 Å². The molecule has 6 nitrogen and oxygen atoms in total. The van der Waals surface area contributed by atoms with E-state index in [1.165, 1.54) is 12.8 Å². The standard InChI is InChI=1S/C31H49N3O3/c1-6-7-11-26-22-34(17-12-23(2)3)30(36)37-31(26)15-20-32(21-16-31)27-13-18-33(19-14-27)29(35)28-24(4)9-8-10-25(28)5/h8-10,23,26-27H,6-7,11-22H2,1-5H3. The minimum Gasteiger partial charge on any atom is -0.442 e. The maximum Gasteiger partial charge on any atom is 0.410 e. The maximum atomic E-state index is 13.3. The molecule has 0 N–H and O–H groups in total. The van der Waals surface area contributed by atoms with Crippen molar-refractivity contribution >= 4 is 12.0 Å². The van der Waals surface area contributed by atoms with Gasteiger partial charge in [-0.05, 0) is 56.6 Å². The predicted molar refractivity (Wildman–Crippen MR) is 149 cm³/mol. The SMILES string of the molecule is CCCCC1CN(CCC(C)C)C(=O)OC12CCN(C1CCN(C(=O)c3c(C)cccc3C)CC1)CC2. The summed E-state index contributed by atoms with van der Waals surface area (Å²) in [7, 11) is 0. The van der Waals surface area contributed by atoms with Crippen molar-refractivity contribution < 1.29 is 14.3 Å². The van der Waals surface area contributed by atoms with E-state index >= 15 is 0 Å². The van der Waals surface area contributed by atoms with Gasteiger partial charge < -0.3 is 14.5 Å². The van der Waals surface area contributed by atoms with E-state index < -0.39 is 0 Å². The summed E-state index contributed by atoms with van der Waals surface area (Å²) in [6.45, 7) is 16.0. The molecule has 6 heteroatoms. The van der Waals surface area contributed by atoms with Gasteiger partial charge in [-0.3, -0.25) is 9.69 Å². The number of nitrogens with zero attached hydrogens (tertiary/aromatic N) is 3. The third-order valence-corrected chi connectivity index (χ3v) is 9.22. The summed E-state index contributed by atoms with van der Waals surface area (Å²) in [6, 6.07) is 6.60. The van der Waals surface area contributed by atoms with E-state index in [1.807, 2.05) is 41.8 Å². The lowest BCUT2D eigenvalue weighted by Gasteiger charge is -2.52. The zero-order valence-corrected chi connectivity index (χ0v) is 23.9. The number of aryl methyl sites for hydroxylation is 2. The first kappa shape index (κ1) is 27.9. The number of benzene rings is 1. The van der Waals surface area contributed by atoms with Gasteiger partial charge in [-0.2, -0.15) is 0 Å². The minimum atomic E-state index is -0.296. The number of likely N-dealkylation sites (tertiary alicyclic amines) is 2. The Bertz CT molecular complexity index is 909. The molecule has 1 atom stereocenters. The van der Waals surface area contributed by atoms with Crippen molar-refractivity contribution in [3.8, 4) is 0 Å². The molecule has 1 spiro atoms. The van der Waals surface area contributed by atoms with Crippen molar-refractivity contribution in [2.24, 2.45) is 11.8 Å². The maximum absolute atomic E-state index is 13.3. The molecule has 206 valence electrons. The van der Waals surface area contributed by atoms with Crippen LogP contribution >= 0.6 is 0 Å². The number of carbonyl (C=O) groups is 2. The zero-order valence-electron chi connectivity index (χ0n) is 23.9. The summed E-state index contributed by atoms with van der Waals surface area (Å²) in [6.07, 6.45) is 8.36. The van der Waals surface area contributed by atoms with Gasteiger partial charge in [0.1, 0.15) is 5.60 Å². The number of hydrogen-bond acceptors (Lipinski definition) is 4. The molecule has 0 aliphatic carbocycles. The lowest BCUT2D eigenvalue weighted by Crippen LogP contribution is -2.61. The Morgan fingerprint density at radius 2 is 1.73 bits per heavy atom. The highest BCUT2D eigenvalue weighted by Gasteiger charge is 2.50. The molecule has 1 aromatic rings. The third kappa shape index (κ3) is 6.32. The topological polar surface area (TPSA) is 53.1 Å². The molecule has 0 radical (unpaired) electrons. The van der Waals surface area contributed by atoms with E-state index in [-0.39, 0.29) is 17.6 Å². The molecule has 3 saturated heterocycles. The monoisotopic (exact) mass is 511 g/mol. The van der Waals surface area contributed by atoms with Crippen LogP contribution in [0, 0.1) is 25.7 Å². The number of piperidine rings is 2. The zero-order chi connectivity index (χ0) is 26.6. The summed E-state index contributed by atoms with van der Waals surface area (Å²) in [5, 5.41) is 0. The number of ether oxygens (including phenoxy) is 1. The second kappa shape index (κ2) is 12.2. The fourth-order valence-electron chi connectivity index (χ4n) is 6.75. The molecular weight excluding hydrogens is 462 g/mol. The van der Waals surface area contributed by atoms with Crippen molar-refractivity contribution in [3.63, 3.8) is 0 Å². The molecule has 3 heterocycles. The van der Waals surface area contributed by atoms with Gasteiger partial charge in [0.15, 0.2) is 0 Å². The van der Waals surface area contributed by atoms with Crippen molar-refractivity contribution in [1.29, 1.82) is 0 Å². The Hall–Kier alpha value is -2.08. The average Bonchev–Trinajstić information content (AvgIpc) is 2.88.